The van der Waals surface area contributed by atoms with Crippen molar-refractivity contribution < 1.29 is 9.32 Å². The van der Waals surface area contributed by atoms with Gasteiger partial charge >= 0.3 is 0 Å². The van der Waals surface area contributed by atoms with E-state index in [0.717, 1.165) is 12.8 Å². The number of nitrogens with zero attached hydrogens (tertiary/aromatic N) is 3. The highest BCUT2D eigenvalue weighted by atomic mass is 16.5. The molecular weight excluding hydrogens is 170 g/mol. The summed E-state index contributed by atoms with van der Waals surface area (Å²) in [5, 5.41) is 3.57. The van der Waals surface area contributed by atoms with Gasteiger partial charge in [0.25, 0.3) is 11.7 Å². The smallest absolute Gasteiger partial charge is 0.295 e. The third-order valence-corrected chi connectivity index (χ3v) is 2.13. The molecule has 2 rings (SSSR count). The van der Waals surface area contributed by atoms with Crippen LogP contribution < -0.4 is 0 Å². The number of hydrogen-bond acceptors (Lipinski definition) is 4. The maximum absolute atomic E-state index is 11.6. The summed E-state index contributed by atoms with van der Waals surface area (Å²) in [6.07, 6.45) is 2.16. The molecule has 0 radical (unpaired) electrons. The van der Waals surface area contributed by atoms with E-state index in [0.29, 0.717) is 11.9 Å². The monoisotopic (exact) mass is 181 g/mol. The standard InChI is InChI=1S/C8H11N3O2/c1-5-9-7(10-13-5)8(12)11(2)6-3-4-6/h6H,3-4H2,1-2H3. The van der Waals surface area contributed by atoms with E-state index >= 15 is 0 Å². The van der Waals surface area contributed by atoms with Crippen molar-refractivity contribution in [2.45, 2.75) is 25.8 Å². The van der Waals surface area contributed by atoms with Crippen molar-refractivity contribution in [3.8, 4) is 0 Å². The summed E-state index contributed by atoms with van der Waals surface area (Å²) in [6, 6.07) is 0.381. The first-order chi connectivity index (χ1) is 6.18. The predicted molar refractivity (Wildman–Crippen MR) is 44.2 cm³/mol. The molecule has 1 heterocycles. The minimum Gasteiger partial charge on any atom is -0.339 e. The molecule has 0 atom stereocenters. The van der Waals surface area contributed by atoms with Crippen molar-refractivity contribution in [2.75, 3.05) is 7.05 Å². The van der Waals surface area contributed by atoms with E-state index in [1.807, 2.05) is 0 Å². The van der Waals surface area contributed by atoms with Gasteiger partial charge in [0.05, 0.1) is 0 Å². The molecule has 0 spiro atoms. The lowest BCUT2D eigenvalue weighted by Crippen LogP contribution is -2.29. The third-order valence-electron chi connectivity index (χ3n) is 2.13. The van der Waals surface area contributed by atoms with E-state index in [2.05, 4.69) is 10.1 Å². The topological polar surface area (TPSA) is 59.2 Å². The lowest BCUT2D eigenvalue weighted by Gasteiger charge is -2.12. The molecule has 1 aromatic rings. The Balaban J connectivity index is 2.11. The van der Waals surface area contributed by atoms with Crippen LogP contribution in [0.4, 0.5) is 0 Å². The molecule has 0 N–H and O–H groups in total. The number of aryl methyl sites for hydroxylation is 1. The summed E-state index contributed by atoms with van der Waals surface area (Å²) >= 11 is 0. The Hall–Kier alpha value is -1.39. The zero-order valence-corrected chi connectivity index (χ0v) is 7.65. The Bertz CT molecular complexity index is 330. The van der Waals surface area contributed by atoms with Crippen molar-refractivity contribution in [3.63, 3.8) is 0 Å². The van der Waals surface area contributed by atoms with E-state index in [-0.39, 0.29) is 11.7 Å². The second-order valence-corrected chi connectivity index (χ2v) is 3.28. The maximum atomic E-state index is 11.6. The zero-order valence-electron chi connectivity index (χ0n) is 7.65. The highest BCUT2D eigenvalue weighted by Crippen LogP contribution is 2.26. The first-order valence-corrected chi connectivity index (χ1v) is 4.26. The van der Waals surface area contributed by atoms with Gasteiger partial charge in [-0.1, -0.05) is 5.16 Å². The second kappa shape index (κ2) is 2.83. The summed E-state index contributed by atoms with van der Waals surface area (Å²) in [6.45, 7) is 1.67. The van der Waals surface area contributed by atoms with Crippen LogP contribution in [0.5, 0.6) is 0 Å². The van der Waals surface area contributed by atoms with Gasteiger partial charge in [-0.25, -0.2) is 0 Å². The fourth-order valence-electron chi connectivity index (χ4n) is 1.17. The number of carbonyl (C=O) groups excluding carboxylic acids is 1. The van der Waals surface area contributed by atoms with E-state index in [9.17, 15) is 4.79 Å². The van der Waals surface area contributed by atoms with Crippen molar-refractivity contribution >= 4 is 5.91 Å². The molecule has 5 nitrogen and oxygen atoms in total. The number of hydrogen-bond donors (Lipinski definition) is 0. The van der Waals surface area contributed by atoms with E-state index in [4.69, 9.17) is 4.52 Å². The van der Waals surface area contributed by atoms with Crippen LogP contribution in [0.1, 0.15) is 29.4 Å². The van der Waals surface area contributed by atoms with Gasteiger partial charge in [-0.15, -0.1) is 0 Å². The van der Waals surface area contributed by atoms with Gasteiger partial charge in [-0.05, 0) is 12.8 Å². The molecule has 1 fully saturated rings. The molecule has 0 aliphatic heterocycles. The highest BCUT2D eigenvalue weighted by Gasteiger charge is 2.31. The van der Waals surface area contributed by atoms with Crippen LogP contribution >= 0.6 is 0 Å². The maximum Gasteiger partial charge on any atom is 0.295 e. The Morgan fingerprint density at radius 3 is 2.77 bits per heavy atom. The third kappa shape index (κ3) is 1.54. The average Bonchev–Trinajstić information content (AvgIpc) is 2.87. The first-order valence-electron chi connectivity index (χ1n) is 4.26. The van der Waals surface area contributed by atoms with Crippen LogP contribution in [0.3, 0.4) is 0 Å². The Kier molecular flexibility index (Phi) is 1.79. The van der Waals surface area contributed by atoms with E-state index in [1.54, 1.807) is 18.9 Å². The molecule has 70 valence electrons. The van der Waals surface area contributed by atoms with Gasteiger partial charge in [-0.3, -0.25) is 4.79 Å². The quantitative estimate of drug-likeness (QED) is 0.670. The summed E-state index contributed by atoms with van der Waals surface area (Å²) in [5.74, 6) is 0.429. The van der Waals surface area contributed by atoms with Gasteiger partial charge < -0.3 is 9.42 Å². The normalized spacial score (nSPS) is 15.8. The Morgan fingerprint density at radius 1 is 1.62 bits per heavy atom. The fourth-order valence-corrected chi connectivity index (χ4v) is 1.17. The molecule has 1 amide bonds. The van der Waals surface area contributed by atoms with Crippen LogP contribution in [0.2, 0.25) is 0 Å². The van der Waals surface area contributed by atoms with Gasteiger partial charge in [0.2, 0.25) is 5.89 Å². The number of carbonyl (C=O) groups is 1. The number of aromatic nitrogens is 2. The molecule has 1 aliphatic rings. The van der Waals surface area contributed by atoms with E-state index < -0.39 is 0 Å². The van der Waals surface area contributed by atoms with Crippen molar-refractivity contribution in [1.29, 1.82) is 0 Å². The Labute approximate surface area is 75.7 Å². The molecule has 1 saturated carbocycles. The molecule has 0 unspecified atom stereocenters. The average molecular weight is 181 g/mol. The van der Waals surface area contributed by atoms with Crippen LogP contribution in [-0.2, 0) is 0 Å². The second-order valence-electron chi connectivity index (χ2n) is 3.28. The van der Waals surface area contributed by atoms with Crippen LogP contribution in [0, 0.1) is 6.92 Å². The van der Waals surface area contributed by atoms with Crippen LogP contribution in [-0.4, -0.2) is 34.0 Å². The van der Waals surface area contributed by atoms with Crippen LogP contribution in [0.25, 0.3) is 0 Å². The number of amides is 1. The summed E-state index contributed by atoms with van der Waals surface area (Å²) < 4.78 is 4.73. The molecule has 1 aromatic heterocycles. The van der Waals surface area contributed by atoms with Gasteiger partial charge in [0.15, 0.2) is 0 Å². The van der Waals surface area contributed by atoms with Crippen molar-refractivity contribution in [2.24, 2.45) is 0 Å². The molecule has 0 aromatic carbocycles. The molecule has 0 saturated heterocycles. The van der Waals surface area contributed by atoms with E-state index in [1.165, 1.54) is 0 Å². The van der Waals surface area contributed by atoms with Crippen LogP contribution in [0.15, 0.2) is 4.52 Å². The highest BCUT2D eigenvalue weighted by molar-refractivity contribution is 5.90. The summed E-state index contributed by atoms with van der Waals surface area (Å²) in [7, 11) is 1.77. The molecule has 13 heavy (non-hydrogen) atoms. The largest absolute Gasteiger partial charge is 0.339 e. The predicted octanol–water partition coefficient (Wildman–Crippen LogP) is 0.612. The summed E-state index contributed by atoms with van der Waals surface area (Å²) in [4.78, 5) is 17.1. The fraction of sp³-hybridized carbons (Fsp3) is 0.625. The van der Waals surface area contributed by atoms with Crippen molar-refractivity contribution in [3.05, 3.63) is 11.7 Å². The van der Waals surface area contributed by atoms with Gasteiger partial charge in [0.1, 0.15) is 0 Å². The zero-order chi connectivity index (χ0) is 9.42. The molecule has 0 bridgehead atoms. The molecule has 5 heteroatoms. The minimum atomic E-state index is -0.153. The Morgan fingerprint density at radius 2 is 2.31 bits per heavy atom. The van der Waals surface area contributed by atoms with Crippen molar-refractivity contribution in [1.82, 2.24) is 15.0 Å². The molecule has 1 aliphatic carbocycles. The first kappa shape index (κ1) is 8.22. The number of rotatable bonds is 2. The van der Waals surface area contributed by atoms with Gasteiger partial charge in [-0.2, -0.15) is 4.98 Å². The molecular formula is C8H11N3O2. The summed E-state index contributed by atoms with van der Waals surface area (Å²) in [5.41, 5.74) is 0. The minimum absolute atomic E-state index is 0.153. The van der Waals surface area contributed by atoms with Gasteiger partial charge in [0, 0.05) is 20.0 Å². The SMILES string of the molecule is Cc1nc(C(=O)N(C)C2CC2)no1. The lowest BCUT2D eigenvalue weighted by molar-refractivity contribution is 0.0769. The lowest BCUT2D eigenvalue weighted by atomic mass is 10.4.